The predicted molar refractivity (Wildman–Crippen MR) is 124 cm³/mol. The van der Waals surface area contributed by atoms with Crippen molar-refractivity contribution in [2.75, 3.05) is 11.9 Å². The van der Waals surface area contributed by atoms with Gasteiger partial charge >= 0.3 is 0 Å². The molecule has 5 rings (SSSR count). The highest BCUT2D eigenvalue weighted by Crippen LogP contribution is 2.32. The number of ether oxygens (including phenoxy) is 1. The molecule has 5 heteroatoms. The molecule has 0 unspecified atom stereocenters. The number of benzene rings is 2. The monoisotopic (exact) mass is 411 g/mol. The van der Waals surface area contributed by atoms with Gasteiger partial charge in [0.1, 0.15) is 0 Å². The van der Waals surface area contributed by atoms with Gasteiger partial charge in [0.05, 0.1) is 11.6 Å². The maximum atomic E-state index is 11.8. The summed E-state index contributed by atoms with van der Waals surface area (Å²) in [6.45, 7) is 0.740. The van der Waals surface area contributed by atoms with E-state index in [2.05, 4.69) is 46.7 Å². The Morgan fingerprint density at radius 1 is 1.03 bits per heavy atom. The fourth-order valence-electron chi connectivity index (χ4n) is 4.26. The molecule has 0 saturated carbocycles. The summed E-state index contributed by atoms with van der Waals surface area (Å²) in [6.07, 6.45) is 5.73. The molecule has 3 heterocycles. The Kier molecular flexibility index (Phi) is 5.26. The molecule has 2 atom stereocenters. The van der Waals surface area contributed by atoms with E-state index in [1.807, 2.05) is 36.7 Å². The summed E-state index contributed by atoms with van der Waals surface area (Å²) in [5.41, 5.74) is 5.31. The Bertz CT molecular complexity index is 1270. The van der Waals surface area contributed by atoms with E-state index in [1.54, 1.807) is 17.7 Å². The lowest BCUT2D eigenvalue weighted by molar-refractivity contribution is 0.00981. The molecule has 0 radical (unpaired) electrons. The number of rotatable bonds is 4. The van der Waals surface area contributed by atoms with Gasteiger partial charge in [-0.2, -0.15) is 0 Å². The average molecular weight is 412 g/mol. The van der Waals surface area contributed by atoms with E-state index < -0.39 is 0 Å². The van der Waals surface area contributed by atoms with Crippen LogP contribution in [0.1, 0.15) is 24.5 Å². The number of nitrogens with zero attached hydrogens (tertiary/aromatic N) is 2. The first-order chi connectivity index (χ1) is 15.2. The van der Waals surface area contributed by atoms with Crippen LogP contribution in [0.15, 0.2) is 83.9 Å². The lowest BCUT2D eigenvalue weighted by Crippen LogP contribution is -2.30. The maximum Gasteiger partial charge on any atom is 0.250 e. The molecular formula is C26H25N3O2. The normalized spacial score (nSPS) is 18.7. The number of pyridine rings is 2. The molecule has 0 aliphatic carbocycles. The first-order valence-electron chi connectivity index (χ1n) is 10.7. The minimum atomic E-state index is -0.0129. The Morgan fingerprint density at radius 2 is 1.87 bits per heavy atom. The van der Waals surface area contributed by atoms with Crippen LogP contribution in [0.4, 0.5) is 5.69 Å². The second kappa shape index (κ2) is 8.36. The first kappa shape index (κ1) is 19.5. The van der Waals surface area contributed by atoms with Gasteiger partial charge in [0.15, 0.2) is 0 Å². The molecule has 0 amide bonds. The Balaban J connectivity index is 1.44. The Labute approximate surface area is 181 Å². The van der Waals surface area contributed by atoms with Crippen LogP contribution in [0.25, 0.3) is 22.0 Å². The van der Waals surface area contributed by atoms with E-state index in [0.717, 1.165) is 47.2 Å². The number of hydrogen-bond donors (Lipinski definition) is 1. The van der Waals surface area contributed by atoms with Gasteiger partial charge in [-0.15, -0.1) is 0 Å². The highest BCUT2D eigenvalue weighted by atomic mass is 16.5. The van der Waals surface area contributed by atoms with Crippen LogP contribution >= 0.6 is 0 Å². The van der Waals surface area contributed by atoms with Crippen molar-refractivity contribution >= 4 is 16.6 Å². The Morgan fingerprint density at radius 3 is 2.71 bits per heavy atom. The molecule has 1 saturated heterocycles. The van der Waals surface area contributed by atoms with Crippen molar-refractivity contribution in [1.82, 2.24) is 9.55 Å². The maximum absolute atomic E-state index is 11.8. The third-order valence-electron chi connectivity index (χ3n) is 5.98. The molecule has 1 aliphatic heterocycles. The van der Waals surface area contributed by atoms with E-state index >= 15 is 0 Å². The zero-order chi connectivity index (χ0) is 21.2. The third-order valence-corrected chi connectivity index (χ3v) is 5.98. The van der Waals surface area contributed by atoms with Crippen molar-refractivity contribution in [1.29, 1.82) is 0 Å². The first-order valence-corrected chi connectivity index (χ1v) is 10.7. The molecule has 156 valence electrons. The van der Waals surface area contributed by atoms with Crippen LogP contribution < -0.4 is 10.9 Å². The minimum absolute atomic E-state index is 0.0129. The van der Waals surface area contributed by atoms with Gasteiger partial charge in [0, 0.05) is 49.2 Å². The van der Waals surface area contributed by atoms with Crippen molar-refractivity contribution < 1.29 is 4.74 Å². The number of fused-ring (bicyclic) bond motifs is 1. The van der Waals surface area contributed by atoms with Gasteiger partial charge < -0.3 is 14.6 Å². The largest absolute Gasteiger partial charge is 0.382 e. The van der Waals surface area contributed by atoms with Crippen molar-refractivity contribution in [3.63, 3.8) is 0 Å². The summed E-state index contributed by atoms with van der Waals surface area (Å²) < 4.78 is 7.64. The molecule has 1 fully saturated rings. The van der Waals surface area contributed by atoms with Gasteiger partial charge in [0.2, 0.25) is 5.56 Å². The molecule has 1 N–H and O–H groups in total. The van der Waals surface area contributed by atoms with Crippen LogP contribution in [0.3, 0.4) is 0 Å². The molecule has 4 aromatic rings. The molecule has 0 spiro atoms. The van der Waals surface area contributed by atoms with Gasteiger partial charge in [-0.25, -0.2) is 0 Å². The zero-order valence-electron chi connectivity index (χ0n) is 17.5. The van der Waals surface area contributed by atoms with Gasteiger partial charge in [-0.1, -0.05) is 36.4 Å². The minimum Gasteiger partial charge on any atom is -0.382 e. The number of aromatic nitrogens is 2. The van der Waals surface area contributed by atoms with E-state index in [-0.39, 0.29) is 11.7 Å². The van der Waals surface area contributed by atoms with E-state index in [9.17, 15) is 4.79 Å². The summed E-state index contributed by atoms with van der Waals surface area (Å²) in [5, 5.41) is 4.83. The van der Waals surface area contributed by atoms with Crippen LogP contribution in [0, 0.1) is 0 Å². The summed E-state index contributed by atoms with van der Waals surface area (Å²) >= 11 is 0. The van der Waals surface area contributed by atoms with Crippen LogP contribution in [-0.4, -0.2) is 22.2 Å². The number of anilines is 1. The second-order valence-electron chi connectivity index (χ2n) is 8.09. The van der Waals surface area contributed by atoms with Crippen molar-refractivity contribution in [3.8, 4) is 11.1 Å². The fourth-order valence-corrected chi connectivity index (χ4v) is 4.26. The predicted octanol–water partition coefficient (Wildman–Crippen LogP) is 4.93. The number of aryl methyl sites for hydroxylation is 1. The molecule has 2 aromatic heterocycles. The molecule has 31 heavy (non-hydrogen) atoms. The molecule has 2 aromatic carbocycles. The number of nitrogens with one attached hydrogen (secondary N) is 1. The standard InChI is InChI=1S/C26H25N3O2/c1-29-17-20(8-10-26(29)30)19-7-9-23-22(15-19)24(11-13-27-23)28-21-12-14-31-25(16-21)18-5-3-2-4-6-18/h2-11,13,15,17,21,25H,12,14,16H2,1H3,(H,27,28)/t21-,25-/m1/s1. The lowest BCUT2D eigenvalue weighted by Gasteiger charge is -2.31. The molecule has 1 aliphatic rings. The fraction of sp³-hybridized carbons (Fsp3) is 0.231. The third kappa shape index (κ3) is 4.09. The van der Waals surface area contributed by atoms with E-state index in [0.29, 0.717) is 6.04 Å². The highest BCUT2D eigenvalue weighted by molar-refractivity contribution is 5.94. The van der Waals surface area contributed by atoms with Crippen molar-refractivity contribution in [2.24, 2.45) is 7.05 Å². The summed E-state index contributed by atoms with van der Waals surface area (Å²) in [5.74, 6) is 0. The van der Waals surface area contributed by atoms with Crippen molar-refractivity contribution in [3.05, 3.63) is 95.0 Å². The van der Waals surface area contributed by atoms with Crippen molar-refractivity contribution in [2.45, 2.75) is 25.0 Å². The van der Waals surface area contributed by atoms with Gasteiger partial charge in [-0.3, -0.25) is 9.78 Å². The topological polar surface area (TPSA) is 56.1 Å². The van der Waals surface area contributed by atoms with Crippen LogP contribution in [-0.2, 0) is 11.8 Å². The zero-order valence-corrected chi connectivity index (χ0v) is 17.5. The van der Waals surface area contributed by atoms with E-state index in [1.165, 1.54) is 5.56 Å². The molecule has 5 nitrogen and oxygen atoms in total. The molecular weight excluding hydrogens is 386 g/mol. The number of hydrogen-bond acceptors (Lipinski definition) is 4. The summed E-state index contributed by atoms with van der Waals surface area (Å²) in [6, 6.07) is 22.5. The van der Waals surface area contributed by atoms with Crippen LogP contribution in [0.5, 0.6) is 0 Å². The quantitative estimate of drug-likeness (QED) is 0.517. The van der Waals surface area contributed by atoms with Crippen LogP contribution in [0.2, 0.25) is 0 Å². The van der Waals surface area contributed by atoms with E-state index in [4.69, 9.17) is 4.74 Å². The highest BCUT2D eigenvalue weighted by Gasteiger charge is 2.24. The smallest absolute Gasteiger partial charge is 0.250 e. The second-order valence-corrected chi connectivity index (χ2v) is 8.09. The lowest BCUT2D eigenvalue weighted by atomic mass is 9.97. The summed E-state index contributed by atoms with van der Waals surface area (Å²) in [7, 11) is 1.77. The Hall–Kier alpha value is -3.44. The summed E-state index contributed by atoms with van der Waals surface area (Å²) in [4.78, 5) is 16.3. The SMILES string of the molecule is Cn1cc(-c2ccc3nccc(N[C@@H]4CCO[C@@H](c5ccccc5)C4)c3c2)ccc1=O. The van der Waals surface area contributed by atoms with Gasteiger partial charge in [0.25, 0.3) is 0 Å². The average Bonchev–Trinajstić information content (AvgIpc) is 2.82. The molecule has 0 bridgehead atoms. The van der Waals surface area contributed by atoms with Gasteiger partial charge in [-0.05, 0) is 53.8 Å².